The number of imide groups is 1. The van der Waals surface area contributed by atoms with Crippen LogP contribution in [0.3, 0.4) is 0 Å². The second kappa shape index (κ2) is 7.27. The molecule has 1 atom stereocenters. The molecule has 0 radical (unpaired) electrons. The van der Waals surface area contributed by atoms with Gasteiger partial charge in [0.05, 0.1) is 0 Å². The summed E-state index contributed by atoms with van der Waals surface area (Å²) >= 11 is 0. The van der Waals surface area contributed by atoms with Gasteiger partial charge < -0.3 is 15.1 Å². The lowest BCUT2D eigenvalue weighted by Gasteiger charge is -2.43. The van der Waals surface area contributed by atoms with Crippen LogP contribution >= 0.6 is 0 Å². The molecule has 0 bridgehead atoms. The number of amides is 2. The standard InChI is InChI=1S/C19H25N7O3/c27-17-2-1-15(18(28)21-17)26-19(29)25-6-3-14(9-16(25)22-26)24-11-13(12-24)10-23-7-4-20-5-8-23/h3,6,9,13,15,20H,1-2,4-5,7-8,10-12H2,(H,21,27,28). The molecule has 2 amide bonds. The molecular formula is C19H25N7O3. The minimum atomic E-state index is -0.740. The molecule has 3 aliphatic rings. The number of anilines is 1. The van der Waals surface area contributed by atoms with Crippen molar-refractivity contribution in [1.29, 1.82) is 0 Å². The number of rotatable bonds is 4. The van der Waals surface area contributed by atoms with Crippen molar-refractivity contribution in [2.75, 3.05) is 50.7 Å². The van der Waals surface area contributed by atoms with E-state index in [4.69, 9.17) is 0 Å². The van der Waals surface area contributed by atoms with Gasteiger partial charge in [-0.25, -0.2) is 4.79 Å². The zero-order valence-electron chi connectivity index (χ0n) is 16.2. The van der Waals surface area contributed by atoms with Crippen molar-refractivity contribution in [2.24, 2.45) is 5.92 Å². The van der Waals surface area contributed by atoms with E-state index in [-0.39, 0.29) is 18.0 Å². The summed E-state index contributed by atoms with van der Waals surface area (Å²) in [7, 11) is 0. The van der Waals surface area contributed by atoms with Gasteiger partial charge in [0.1, 0.15) is 6.04 Å². The molecule has 3 saturated heterocycles. The highest BCUT2D eigenvalue weighted by Gasteiger charge is 2.32. The van der Waals surface area contributed by atoms with Crippen LogP contribution in [-0.2, 0) is 9.59 Å². The molecule has 10 heteroatoms. The molecule has 3 aliphatic heterocycles. The van der Waals surface area contributed by atoms with Crippen LogP contribution in [0.25, 0.3) is 5.65 Å². The molecule has 0 aromatic carbocycles. The molecule has 2 aromatic heterocycles. The van der Waals surface area contributed by atoms with Gasteiger partial charge in [0.2, 0.25) is 5.91 Å². The number of hydrogen-bond acceptors (Lipinski definition) is 7. The second-order valence-electron chi connectivity index (χ2n) is 8.13. The molecular weight excluding hydrogens is 374 g/mol. The summed E-state index contributed by atoms with van der Waals surface area (Å²) in [5.74, 6) is -0.114. The summed E-state index contributed by atoms with van der Waals surface area (Å²) in [6, 6.07) is 3.08. The Balaban J connectivity index is 1.29. The molecule has 5 heterocycles. The first kappa shape index (κ1) is 18.3. The zero-order chi connectivity index (χ0) is 20.0. The maximum Gasteiger partial charge on any atom is 0.351 e. The largest absolute Gasteiger partial charge is 0.371 e. The van der Waals surface area contributed by atoms with Gasteiger partial charge in [-0.3, -0.25) is 19.3 Å². The summed E-state index contributed by atoms with van der Waals surface area (Å²) in [5, 5.41) is 10.0. The predicted molar refractivity (Wildman–Crippen MR) is 106 cm³/mol. The molecule has 2 N–H and O–H groups in total. The van der Waals surface area contributed by atoms with Crippen molar-refractivity contribution in [3.63, 3.8) is 0 Å². The Morgan fingerprint density at radius 2 is 1.93 bits per heavy atom. The third kappa shape index (κ3) is 3.42. The number of piperidine rings is 1. The Hall–Kier alpha value is -2.72. The van der Waals surface area contributed by atoms with E-state index in [9.17, 15) is 14.4 Å². The van der Waals surface area contributed by atoms with Gasteiger partial charge in [-0.1, -0.05) is 0 Å². The highest BCUT2D eigenvalue weighted by Crippen LogP contribution is 2.26. The Morgan fingerprint density at radius 3 is 2.69 bits per heavy atom. The third-order valence-corrected chi connectivity index (χ3v) is 6.08. The summed E-state index contributed by atoms with van der Waals surface area (Å²) in [6.07, 6.45) is 2.22. The molecule has 0 saturated carbocycles. The smallest absolute Gasteiger partial charge is 0.351 e. The van der Waals surface area contributed by atoms with Gasteiger partial charge in [0.25, 0.3) is 5.91 Å². The minimum absolute atomic E-state index is 0.213. The Bertz CT molecular complexity index is 1000. The van der Waals surface area contributed by atoms with Crippen LogP contribution in [0, 0.1) is 5.92 Å². The van der Waals surface area contributed by atoms with E-state index < -0.39 is 11.9 Å². The maximum atomic E-state index is 12.7. The number of aromatic nitrogens is 3. The normalized spacial score (nSPS) is 24.0. The number of pyridine rings is 1. The van der Waals surface area contributed by atoms with Crippen LogP contribution in [-0.4, -0.2) is 76.7 Å². The predicted octanol–water partition coefficient (Wildman–Crippen LogP) is -1.18. The monoisotopic (exact) mass is 399 g/mol. The highest BCUT2D eigenvalue weighted by molar-refractivity contribution is 5.99. The van der Waals surface area contributed by atoms with Crippen LogP contribution in [0.1, 0.15) is 18.9 Å². The van der Waals surface area contributed by atoms with Crippen molar-refractivity contribution >= 4 is 23.1 Å². The van der Waals surface area contributed by atoms with Crippen LogP contribution in [0.4, 0.5) is 5.69 Å². The van der Waals surface area contributed by atoms with Crippen molar-refractivity contribution in [2.45, 2.75) is 18.9 Å². The fourth-order valence-electron chi connectivity index (χ4n) is 4.45. The van der Waals surface area contributed by atoms with Crippen LogP contribution in [0.2, 0.25) is 0 Å². The van der Waals surface area contributed by atoms with Crippen molar-refractivity contribution < 1.29 is 9.59 Å². The average molecular weight is 399 g/mol. The van der Waals surface area contributed by atoms with E-state index in [1.807, 2.05) is 12.1 Å². The van der Waals surface area contributed by atoms with Gasteiger partial charge in [-0.15, -0.1) is 5.10 Å². The Kier molecular flexibility index (Phi) is 4.59. The van der Waals surface area contributed by atoms with Gasteiger partial charge in [0.15, 0.2) is 5.65 Å². The second-order valence-corrected chi connectivity index (χ2v) is 8.13. The van der Waals surface area contributed by atoms with E-state index in [0.717, 1.165) is 51.5 Å². The first-order valence-electron chi connectivity index (χ1n) is 10.2. The van der Waals surface area contributed by atoms with E-state index >= 15 is 0 Å². The van der Waals surface area contributed by atoms with Gasteiger partial charge in [0, 0.05) is 76.1 Å². The number of hydrogen-bond donors (Lipinski definition) is 2. The molecule has 0 aliphatic carbocycles. The molecule has 0 spiro atoms. The first-order valence-corrected chi connectivity index (χ1v) is 10.2. The quantitative estimate of drug-likeness (QED) is 0.624. The average Bonchev–Trinajstić information content (AvgIpc) is 3.01. The number of piperazine rings is 1. The maximum absolute atomic E-state index is 12.7. The number of nitrogens with zero attached hydrogens (tertiary/aromatic N) is 5. The molecule has 3 fully saturated rings. The Morgan fingerprint density at radius 1 is 1.14 bits per heavy atom. The minimum Gasteiger partial charge on any atom is -0.371 e. The molecule has 2 aromatic rings. The number of fused-ring (bicyclic) bond motifs is 1. The lowest BCUT2D eigenvalue weighted by Crippen LogP contribution is -2.54. The van der Waals surface area contributed by atoms with Gasteiger partial charge >= 0.3 is 5.69 Å². The van der Waals surface area contributed by atoms with Gasteiger partial charge in [-0.2, -0.15) is 4.68 Å². The SMILES string of the molecule is O=C1CCC(n2nc3cc(N4CC(CN5CCNCC5)C4)ccn3c2=O)C(=O)N1. The lowest BCUT2D eigenvalue weighted by atomic mass is 9.98. The molecule has 10 nitrogen and oxygen atoms in total. The van der Waals surface area contributed by atoms with Gasteiger partial charge in [-0.05, 0) is 12.5 Å². The third-order valence-electron chi connectivity index (χ3n) is 6.08. The van der Waals surface area contributed by atoms with Crippen LogP contribution in [0.5, 0.6) is 0 Å². The van der Waals surface area contributed by atoms with Crippen LogP contribution in [0.15, 0.2) is 23.1 Å². The fourth-order valence-corrected chi connectivity index (χ4v) is 4.45. The zero-order valence-corrected chi connectivity index (χ0v) is 16.2. The highest BCUT2D eigenvalue weighted by atomic mass is 16.2. The molecule has 1 unspecified atom stereocenters. The molecule has 29 heavy (non-hydrogen) atoms. The summed E-state index contributed by atoms with van der Waals surface area (Å²) in [6.45, 7) is 7.49. The molecule has 154 valence electrons. The summed E-state index contributed by atoms with van der Waals surface area (Å²) in [5.41, 5.74) is 1.19. The lowest BCUT2D eigenvalue weighted by molar-refractivity contribution is -0.136. The fraction of sp³-hybridized carbons (Fsp3) is 0.579. The summed E-state index contributed by atoms with van der Waals surface area (Å²) < 4.78 is 2.65. The number of carbonyl (C=O) groups is 2. The topological polar surface area (TPSA) is 104 Å². The van der Waals surface area contributed by atoms with Crippen molar-refractivity contribution in [1.82, 2.24) is 29.7 Å². The van der Waals surface area contributed by atoms with Crippen LogP contribution < -0.4 is 21.2 Å². The van der Waals surface area contributed by atoms with Crippen molar-refractivity contribution in [3.8, 4) is 0 Å². The van der Waals surface area contributed by atoms with E-state index in [0.29, 0.717) is 18.0 Å². The first-order chi connectivity index (χ1) is 14.1. The van der Waals surface area contributed by atoms with E-state index in [1.165, 1.54) is 9.08 Å². The van der Waals surface area contributed by atoms with E-state index in [1.54, 1.807) is 6.20 Å². The molecule has 5 rings (SSSR count). The van der Waals surface area contributed by atoms with E-state index in [2.05, 4.69) is 25.5 Å². The number of carbonyl (C=O) groups excluding carboxylic acids is 2. The summed E-state index contributed by atoms with van der Waals surface area (Å²) in [4.78, 5) is 40.9. The Labute approximate surface area is 167 Å². The van der Waals surface area contributed by atoms with Crippen molar-refractivity contribution in [3.05, 3.63) is 28.8 Å². The number of nitrogens with one attached hydrogen (secondary N) is 2.